The molecule has 4 rings (SSSR count). The Morgan fingerprint density at radius 1 is 1.11 bits per heavy atom. The molecule has 0 spiro atoms. The summed E-state index contributed by atoms with van der Waals surface area (Å²) in [5.41, 5.74) is -0.0776. The van der Waals surface area contributed by atoms with Crippen LogP contribution in [0.15, 0.2) is 53.6 Å². The Morgan fingerprint density at radius 3 is 2.57 bits per heavy atom. The van der Waals surface area contributed by atoms with Gasteiger partial charge < -0.3 is 4.98 Å². The molecule has 0 aliphatic carbocycles. The highest BCUT2D eigenvalue weighted by Crippen LogP contribution is 2.31. The minimum Gasteiger partial charge on any atom is -0.352 e. The lowest BCUT2D eigenvalue weighted by molar-refractivity contribution is 0.146. The molecular formula is C18H11ClF3N3O2S. The van der Waals surface area contributed by atoms with Crippen molar-refractivity contribution < 1.29 is 21.6 Å². The second-order valence-corrected chi connectivity index (χ2v) is 8.08. The molecule has 0 saturated carbocycles. The van der Waals surface area contributed by atoms with Crippen LogP contribution in [0.1, 0.15) is 12.1 Å². The third-order valence-electron chi connectivity index (χ3n) is 4.20. The van der Waals surface area contributed by atoms with E-state index in [9.17, 15) is 21.6 Å². The SMILES string of the molecule is O=S(=O)(Nc1ccc(Cl)cc1F)c1cnc2c1ccc1ccc(C(F)F)[nH]c12. The first-order valence-electron chi connectivity index (χ1n) is 7.92. The number of hydrogen-bond acceptors (Lipinski definition) is 3. The number of fused-ring (bicyclic) bond motifs is 3. The summed E-state index contributed by atoms with van der Waals surface area (Å²) in [5.74, 6) is -0.833. The number of benzene rings is 2. The predicted molar refractivity (Wildman–Crippen MR) is 101 cm³/mol. The summed E-state index contributed by atoms with van der Waals surface area (Å²) in [6, 6.07) is 9.39. The van der Waals surface area contributed by atoms with Gasteiger partial charge in [0.1, 0.15) is 10.7 Å². The summed E-state index contributed by atoms with van der Waals surface area (Å²) in [6.07, 6.45) is -1.62. The van der Waals surface area contributed by atoms with Crippen LogP contribution in [0, 0.1) is 5.82 Å². The zero-order chi connectivity index (χ0) is 20.1. The molecule has 0 unspecified atom stereocenters. The fraction of sp³-hybridized carbons (Fsp3) is 0.0556. The topological polar surface area (TPSA) is 74.8 Å². The molecule has 0 fully saturated rings. The Kier molecular flexibility index (Phi) is 4.43. The van der Waals surface area contributed by atoms with Crippen LogP contribution >= 0.6 is 11.6 Å². The molecule has 0 atom stereocenters. The van der Waals surface area contributed by atoms with E-state index >= 15 is 0 Å². The van der Waals surface area contributed by atoms with Crippen molar-refractivity contribution in [3.8, 4) is 0 Å². The smallest absolute Gasteiger partial charge is 0.278 e. The van der Waals surface area contributed by atoms with Gasteiger partial charge >= 0.3 is 0 Å². The van der Waals surface area contributed by atoms with Crippen LogP contribution < -0.4 is 4.72 Å². The van der Waals surface area contributed by atoms with Gasteiger partial charge in [-0.05, 0) is 24.3 Å². The molecule has 0 bridgehead atoms. The van der Waals surface area contributed by atoms with Crippen molar-refractivity contribution in [1.29, 1.82) is 0 Å². The van der Waals surface area contributed by atoms with E-state index in [1.54, 1.807) is 6.07 Å². The number of nitrogens with one attached hydrogen (secondary N) is 2. The second-order valence-electron chi connectivity index (χ2n) is 5.99. The zero-order valence-corrected chi connectivity index (χ0v) is 15.5. The van der Waals surface area contributed by atoms with Crippen LogP contribution in [0.4, 0.5) is 18.9 Å². The first-order valence-corrected chi connectivity index (χ1v) is 9.79. The van der Waals surface area contributed by atoms with Crippen molar-refractivity contribution in [2.45, 2.75) is 11.3 Å². The van der Waals surface area contributed by atoms with Crippen LogP contribution in [0.25, 0.3) is 21.8 Å². The maximum Gasteiger partial charge on any atom is 0.278 e. The lowest BCUT2D eigenvalue weighted by atomic mass is 10.1. The minimum atomic E-state index is -4.18. The van der Waals surface area contributed by atoms with E-state index in [1.807, 2.05) is 0 Å². The van der Waals surface area contributed by atoms with E-state index in [1.165, 1.54) is 30.3 Å². The number of aromatic amines is 1. The van der Waals surface area contributed by atoms with Gasteiger partial charge in [0.05, 0.1) is 22.4 Å². The number of rotatable bonds is 4. The van der Waals surface area contributed by atoms with E-state index < -0.39 is 22.3 Å². The molecule has 2 aromatic carbocycles. The van der Waals surface area contributed by atoms with Crippen LogP contribution in [0.2, 0.25) is 5.02 Å². The van der Waals surface area contributed by atoms with Gasteiger partial charge in [0.2, 0.25) is 0 Å². The van der Waals surface area contributed by atoms with Gasteiger partial charge in [-0.25, -0.2) is 21.6 Å². The molecule has 5 nitrogen and oxygen atoms in total. The van der Waals surface area contributed by atoms with E-state index in [0.717, 1.165) is 12.3 Å². The Labute approximate surface area is 162 Å². The highest BCUT2D eigenvalue weighted by Gasteiger charge is 2.22. The van der Waals surface area contributed by atoms with E-state index in [0.29, 0.717) is 5.39 Å². The van der Waals surface area contributed by atoms with E-state index in [2.05, 4.69) is 14.7 Å². The van der Waals surface area contributed by atoms with Crippen molar-refractivity contribution in [2.24, 2.45) is 0 Å². The Hall–Kier alpha value is -2.78. The van der Waals surface area contributed by atoms with Gasteiger partial charge in [-0.1, -0.05) is 29.8 Å². The zero-order valence-electron chi connectivity index (χ0n) is 13.9. The summed E-state index contributed by atoms with van der Waals surface area (Å²) >= 11 is 5.67. The molecule has 0 saturated heterocycles. The standard InChI is InChI=1S/C18H11ClF3N3O2S/c19-10-3-6-13(12(20)7-10)25-28(26,27)15-8-23-17-11(15)4-1-9-2-5-14(18(21)22)24-16(9)17/h1-8,18,24-25H. The Bertz CT molecular complexity index is 1320. The monoisotopic (exact) mass is 425 g/mol. The lowest BCUT2D eigenvalue weighted by Crippen LogP contribution is -2.13. The van der Waals surface area contributed by atoms with Crippen LogP contribution in [-0.2, 0) is 10.0 Å². The number of nitrogens with zero attached hydrogens (tertiary/aromatic N) is 1. The molecule has 2 N–H and O–H groups in total. The third-order valence-corrected chi connectivity index (χ3v) is 5.83. The fourth-order valence-corrected chi connectivity index (χ4v) is 4.25. The molecule has 2 heterocycles. The molecule has 0 radical (unpaired) electrons. The summed E-state index contributed by atoms with van der Waals surface area (Å²) in [6.45, 7) is 0. The summed E-state index contributed by atoms with van der Waals surface area (Å²) < 4.78 is 67.6. The molecule has 28 heavy (non-hydrogen) atoms. The molecule has 4 aromatic rings. The molecule has 10 heteroatoms. The lowest BCUT2D eigenvalue weighted by Gasteiger charge is -2.09. The van der Waals surface area contributed by atoms with Gasteiger partial charge in [0, 0.05) is 22.0 Å². The second kappa shape index (κ2) is 6.68. The number of alkyl halides is 2. The van der Waals surface area contributed by atoms with Gasteiger partial charge in [-0.3, -0.25) is 9.71 Å². The average Bonchev–Trinajstić information content (AvgIpc) is 3.09. The molecule has 2 aromatic heterocycles. The number of halogens is 4. The Morgan fingerprint density at radius 2 is 1.86 bits per heavy atom. The van der Waals surface area contributed by atoms with Crippen LogP contribution in [-0.4, -0.2) is 18.4 Å². The van der Waals surface area contributed by atoms with Crippen molar-refractivity contribution in [2.75, 3.05) is 4.72 Å². The van der Waals surface area contributed by atoms with E-state index in [4.69, 9.17) is 11.6 Å². The molecule has 0 amide bonds. The number of hydrogen-bond donors (Lipinski definition) is 2. The summed E-state index contributed by atoms with van der Waals surface area (Å²) in [5, 5.41) is 0.936. The Balaban J connectivity index is 1.84. The van der Waals surface area contributed by atoms with Crippen LogP contribution in [0.5, 0.6) is 0 Å². The van der Waals surface area contributed by atoms with Crippen molar-refractivity contribution >= 4 is 49.1 Å². The summed E-state index contributed by atoms with van der Waals surface area (Å²) in [4.78, 5) is 6.48. The summed E-state index contributed by atoms with van der Waals surface area (Å²) in [7, 11) is -4.18. The maximum absolute atomic E-state index is 14.0. The van der Waals surface area contributed by atoms with Gasteiger partial charge in [-0.15, -0.1) is 0 Å². The quantitative estimate of drug-likeness (QED) is 0.469. The van der Waals surface area contributed by atoms with Crippen molar-refractivity contribution in [3.05, 3.63) is 65.2 Å². The van der Waals surface area contributed by atoms with E-state index in [-0.39, 0.29) is 37.7 Å². The number of anilines is 1. The largest absolute Gasteiger partial charge is 0.352 e. The number of H-pyrrole nitrogens is 1. The average molecular weight is 426 g/mol. The number of aromatic nitrogens is 2. The van der Waals surface area contributed by atoms with Crippen LogP contribution in [0.3, 0.4) is 0 Å². The van der Waals surface area contributed by atoms with Crippen molar-refractivity contribution in [3.63, 3.8) is 0 Å². The van der Waals surface area contributed by atoms with Gasteiger partial charge in [0.25, 0.3) is 16.4 Å². The van der Waals surface area contributed by atoms with Gasteiger partial charge in [0.15, 0.2) is 0 Å². The fourth-order valence-electron chi connectivity index (χ4n) is 2.88. The number of pyridine rings is 1. The molecular weight excluding hydrogens is 415 g/mol. The minimum absolute atomic E-state index is 0.123. The molecule has 144 valence electrons. The maximum atomic E-state index is 14.0. The van der Waals surface area contributed by atoms with Crippen molar-refractivity contribution in [1.82, 2.24) is 9.97 Å². The first-order chi connectivity index (χ1) is 13.3. The molecule has 0 aliphatic heterocycles. The highest BCUT2D eigenvalue weighted by atomic mass is 35.5. The highest BCUT2D eigenvalue weighted by molar-refractivity contribution is 7.93. The third kappa shape index (κ3) is 3.16. The molecule has 0 aliphatic rings. The first kappa shape index (κ1) is 18.6. The normalized spacial score (nSPS) is 12.2. The number of sulfonamides is 1. The van der Waals surface area contributed by atoms with Gasteiger partial charge in [-0.2, -0.15) is 0 Å². The predicted octanol–water partition coefficient (Wildman–Crippen LogP) is 5.25.